The van der Waals surface area contributed by atoms with E-state index in [0.717, 1.165) is 5.56 Å². The highest BCUT2D eigenvalue weighted by Crippen LogP contribution is 2.22. The third-order valence-electron chi connectivity index (χ3n) is 4.61. The molecule has 0 aliphatic carbocycles. The number of nitrogens with one attached hydrogen (secondary N) is 1. The van der Waals surface area contributed by atoms with Gasteiger partial charge in [0, 0.05) is 24.9 Å². The number of aliphatic hydroxyl groups excluding tert-OH is 1. The average Bonchev–Trinajstić information content (AvgIpc) is 2.68. The van der Waals surface area contributed by atoms with E-state index in [0.29, 0.717) is 18.5 Å². The van der Waals surface area contributed by atoms with E-state index >= 15 is 0 Å². The molecular formula is C27H44N2O7. The molecule has 0 spiro atoms. The molecule has 0 aliphatic rings. The van der Waals surface area contributed by atoms with Gasteiger partial charge in [0.15, 0.2) is 0 Å². The number of hydrogen-bond acceptors (Lipinski definition) is 8. The highest BCUT2D eigenvalue weighted by atomic mass is 16.6. The number of aryl methyl sites for hydroxylation is 1. The summed E-state index contributed by atoms with van der Waals surface area (Å²) >= 11 is 0. The fourth-order valence-corrected chi connectivity index (χ4v) is 3.23. The fraction of sp³-hybridized carbons (Fsp3) is 0.704. The predicted octanol–water partition coefficient (Wildman–Crippen LogP) is 4.13. The molecule has 1 rings (SSSR count). The Kier molecular flexibility index (Phi) is 11.4. The Bertz CT molecular complexity index is 862. The number of amides is 1. The normalized spacial score (nSPS) is 13.9. The summed E-state index contributed by atoms with van der Waals surface area (Å²) in [5, 5.41) is 11.6. The maximum Gasteiger partial charge on any atom is 0.408 e. The number of nitrogens with zero attached hydrogens (tertiary/aromatic N) is 1. The molecule has 0 radical (unpaired) electrons. The van der Waals surface area contributed by atoms with Crippen molar-refractivity contribution in [1.82, 2.24) is 10.3 Å². The highest BCUT2D eigenvalue weighted by Gasteiger charge is 2.35. The number of esters is 2. The molecular weight excluding hydrogens is 464 g/mol. The van der Waals surface area contributed by atoms with E-state index in [2.05, 4.69) is 10.3 Å². The second kappa shape index (κ2) is 13.0. The van der Waals surface area contributed by atoms with Gasteiger partial charge in [-0.2, -0.15) is 0 Å². The molecule has 36 heavy (non-hydrogen) atoms. The van der Waals surface area contributed by atoms with Crippen LogP contribution in [0.5, 0.6) is 0 Å². The van der Waals surface area contributed by atoms with Gasteiger partial charge < -0.3 is 24.6 Å². The van der Waals surface area contributed by atoms with Crippen molar-refractivity contribution in [2.45, 2.75) is 111 Å². The Balaban J connectivity index is 3.21. The molecule has 9 heteroatoms. The molecule has 9 nitrogen and oxygen atoms in total. The van der Waals surface area contributed by atoms with E-state index in [4.69, 9.17) is 19.3 Å². The Morgan fingerprint density at radius 2 is 1.44 bits per heavy atom. The van der Waals surface area contributed by atoms with Crippen LogP contribution in [0.4, 0.5) is 4.79 Å². The van der Waals surface area contributed by atoms with Gasteiger partial charge in [-0.15, -0.1) is 0 Å². The first-order valence-corrected chi connectivity index (χ1v) is 12.4. The average molecular weight is 509 g/mol. The number of carbonyl (C=O) groups excluding carboxylic acids is 3. The molecule has 1 heterocycles. The van der Waals surface area contributed by atoms with Gasteiger partial charge in [0.1, 0.15) is 22.8 Å². The van der Waals surface area contributed by atoms with E-state index in [1.54, 1.807) is 68.5 Å². The van der Waals surface area contributed by atoms with E-state index in [1.807, 2.05) is 12.1 Å². The van der Waals surface area contributed by atoms with Crippen molar-refractivity contribution < 1.29 is 33.7 Å². The zero-order valence-electron chi connectivity index (χ0n) is 23.3. The van der Waals surface area contributed by atoms with Crippen LogP contribution in [0.1, 0.15) is 86.4 Å². The van der Waals surface area contributed by atoms with Crippen LogP contribution < -0.4 is 5.32 Å². The first-order chi connectivity index (χ1) is 16.4. The molecule has 1 aromatic rings. The predicted molar refractivity (Wildman–Crippen MR) is 136 cm³/mol. The summed E-state index contributed by atoms with van der Waals surface area (Å²) in [7, 11) is 0. The van der Waals surface area contributed by atoms with Crippen molar-refractivity contribution in [1.29, 1.82) is 0 Å². The second-order valence-electron chi connectivity index (χ2n) is 11.9. The van der Waals surface area contributed by atoms with Crippen molar-refractivity contribution in [2.75, 3.05) is 6.61 Å². The second-order valence-corrected chi connectivity index (χ2v) is 11.9. The lowest BCUT2D eigenvalue weighted by Crippen LogP contribution is -2.48. The molecule has 1 aromatic heterocycles. The number of aliphatic hydroxyl groups is 1. The lowest BCUT2D eigenvalue weighted by Gasteiger charge is -2.29. The van der Waals surface area contributed by atoms with Crippen LogP contribution >= 0.6 is 0 Å². The summed E-state index contributed by atoms with van der Waals surface area (Å²) < 4.78 is 16.5. The quantitative estimate of drug-likeness (QED) is 0.357. The lowest BCUT2D eigenvalue weighted by atomic mass is 9.93. The Morgan fingerprint density at radius 3 is 1.92 bits per heavy atom. The van der Waals surface area contributed by atoms with E-state index < -0.39 is 46.8 Å². The first-order valence-electron chi connectivity index (χ1n) is 12.4. The highest BCUT2D eigenvalue weighted by molar-refractivity contribution is 5.83. The number of aromatic nitrogens is 1. The molecule has 0 fully saturated rings. The Hall–Kier alpha value is -2.68. The third-order valence-corrected chi connectivity index (χ3v) is 4.61. The van der Waals surface area contributed by atoms with Crippen molar-refractivity contribution in [3.05, 3.63) is 29.6 Å². The number of hydrogen-bond donors (Lipinski definition) is 2. The number of pyridine rings is 1. The number of carbonyl (C=O) groups is 3. The maximum absolute atomic E-state index is 13.2. The molecule has 2 atom stereocenters. The summed E-state index contributed by atoms with van der Waals surface area (Å²) in [6.45, 7) is 15.7. The summed E-state index contributed by atoms with van der Waals surface area (Å²) in [6.07, 6.45) is 2.39. The summed E-state index contributed by atoms with van der Waals surface area (Å²) in [6, 6.07) is 2.57. The molecule has 0 aliphatic heterocycles. The van der Waals surface area contributed by atoms with E-state index in [-0.39, 0.29) is 19.4 Å². The van der Waals surface area contributed by atoms with Crippen LogP contribution in [0.25, 0.3) is 0 Å². The van der Waals surface area contributed by atoms with Crippen LogP contribution in [-0.4, -0.2) is 57.6 Å². The molecule has 0 saturated carbocycles. The van der Waals surface area contributed by atoms with Gasteiger partial charge in [-0.1, -0.05) is 6.07 Å². The van der Waals surface area contributed by atoms with Gasteiger partial charge >= 0.3 is 18.0 Å². The maximum atomic E-state index is 13.2. The minimum Gasteiger partial charge on any atom is -0.460 e. The van der Waals surface area contributed by atoms with E-state index in [9.17, 15) is 14.4 Å². The van der Waals surface area contributed by atoms with Gasteiger partial charge in [-0.3, -0.25) is 9.78 Å². The van der Waals surface area contributed by atoms with Gasteiger partial charge in [-0.25, -0.2) is 9.59 Å². The smallest absolute Gasteiger partial charge is 0.408 e. The van der Waals surface area contributed by atoms with Crippen LogP contribution in [0.2, 0.25) is 0 Å². The van der Waals surface area contributed by atoms with Crippen LogP contribution in [0.3, 0.4) is 0 Å². The summed E-state index contributed by atoms with van der Waals surface area (Å²) in [4.78, 5) is 43.1. The van der Waals surface area contributed by atoms with Crippen LogP contribution in [0.15, 0.2) is 18.3 Å². The van der Waals surface area contributed by atoms with Gasteiger partial charge in [0.25, 0.3) is 0 Å². The molecule has 0 saturated heterocycles. The third kappa shape index (κ3) is 13.4. The molecule has 204 valence electrons. The Labute approximate surface area is 215 Å². The zero-order valence-corrected chi connectivity index (χ0v) is 23.3. The largest absolute Gasteiger partial charge is 0.460 e. The van der Waals surface area contributed by atoms with Gasteiger partial charge in [-0.05, 0) is 93.2 Å². The number of ether oxygens (including phenoxy) is 3. The lowest BCUT2D eigenvalue weighted by molar-refractivity contribution is -0.162. The number of alkyl carbamates (subject to hydrolysis) is 1. The number of rotatable bonds is 10. The molecule has 0 bridgehead atoms. The van der Waals surface area contributed by atoms with Crippen molar-refractivity contribution in [2.24, 2.45) is 5.92 Å². The molecule has 0 aromatic carbocycles. The van der Waals surface area contributed by atoms with Crippen molar-refractivity contribution >= 4 is 18.0 Å². The van der Waals surface area contributed by atoms with E-state index in [1.165, 1.54) is 0 Å². The Morgan fingerprint density at radius 1 is 0.889 bits per heavy atom. The van der Waals surface area contributed by atoms with Crippen molar-refractivity contribution in [3.63, 3.8) is 0 Å². The van der Waals surface area contributed by atoms with Gasteiger partial charge in [0.05, 0.1) is 5.92 Å². The summed E-state index contributed by atoms with van der Waals surface area (Å²) in [5.74, 6) is -1.96. The first kappa shape index (κ1) is 31.4. The fourth-order valence-electron chi connectivity index (χ4n) is 3.23. The zero-order chi connectivity index (χ0) is 27.7. The molecule has 1 amide bonds. The SMILES string of the molecule is CC(C)(C)OC(=O)N[C@@H](C[C@H](Cc1ccc(CCCO)cn1)C(=O)OC(C)(C)C)C(=O)OC(C)(C)C. The summed E-state index contributed by atoms with van der Waals surface area (Å²) in [5.41, 5.74) is -0.692. The van der Waals surface area contributed by atoms with Crippen LogP contribution in [0, 0.1) is 5.92 Å². The topological polar surface area (TPSA) is 124 Å². The van der Waals surface area contributed by atoms with Gasteiger partial charge in [0.2, 0.25) is 0 Å². The standard InChI is InChI=1S/C27H44N2O7/c1-25(2,3)34-22(31)19(15-20-13-12-18(17-28-20)11-10-14-30)16-21(23(32)35-26(4,5)6)29-24(33)36-27(7,8)9/h12-13,17,19,21,30H,10-11,14-16H2,1-9H3,(H,29,33)/t19-,21-/m0/s1. The van der Waals surface area contributed by atoms with Crippen LogP contribution in [-0.2, 0) is 36.6 Å². The minimum absolute atomic E-state index is 0.0585. The molecule has 0 unspecified atom stereocenters. The molecule has 2 N–H and O–H groups in total. The monoisotopic (exact) mass is 508 g/mol. The minimum atomic E-state index is -1.14. The van der Waals surface area contributed by atoms with Crippen molar-refractivity contribution in [3.8, 4) is 0 Å².